The number of ether oxygens (including phenoxy) is 1. The molecule has 0 bridgehead atoms. The molecule has 1 atom stereocenters. The number of nitrogens with zero attached hydrogens (tertiary/aromatic N) is 1. The van der Waals surface area contributed by atoms with Crippen LogP contribution in [0.5, 0.6) is 11.5 Å². The molecule has 0 radical (unpaired) electrons. The van der Waals surface area contributed by atoms with Gasteiger partial charge in [-0.2, -0.15) is 0 Å². The van der Waals surface area contributed by atoms with E-state index in [1.807, 2.05) is 6.92 Å². The van der Waals surface area contributed by atoms with Gasteiger partial charge < -0.3 is 9.84 Å². The highest BCUT2D eigenvalue weighted by molar-refractivity contribution is 5.43. The van der Waals surface area contributed by atoms with Gasteiger partial charge in [0.05, 0.1) is 11.8 Å². The highest BCUT2D eigenvalue weighted by Gasteiger charge is 2.14. The molecule has 1 aromatic heterocycles. The molecule has 0 aliphatic carbocycles. The maximum atomic E-state index is 13.6. The number of aliphatic hydroxyl groups is 1. The first kappa shape index (κ1) is 13.5. The first-order valence-corrected chi connectivity index (χ1v) is 6.06. The Morgan fingerprint density at radius 3 is 2.63 bits per heavy atom. The number of hydrogen-bond acceptors (Lipinski definition) is 3. The fourth-order valence-corrected chi connectivity index (χ4v) is 1.78. The zero-order valence-electron chi connectivity index (χ0n) is 11.1. The maximum absolute atomic E-state index is 13.6. The van der Waals surface area contributed by atoms with E-state index in [0.29, 0.717) is 22.6 Å². The molecule has 1 N–H and O–H groups in total. The van der Waals surface area contributed by atoms with Crippen LogP contribution in [0.15, 0.2) is 30.5 Å². The molecule has 0 spiro atoms. The normalized spacial score (nSPS) is 12.3. The van der Waals surface area contributed by atoms with E-state index >= 15 is 0 Å². The molecule has 1 heterocycles. The Morgan fingerprint density at radius 1 is 1.26 bits per heavy atom. The zero-order chi connectivity index (χ0) is 14.0. The summed E-state index contributed by atoms with van der Waals surface area (Å²) < 4.78 is 19.3. The average molecular weight is 261 g/mol. The van der Waals surface area contributed by atoms with Gasteiger partial charge in [0.15, 0.2) is 0 Å². The lowest BCUT2D eigenvalue weighted by Crippen LogP contribution is -2.00. The molecule has 2 aromatic rings. The summed E-state index contributed by atoms with van der Waals surface area (Å²) in [6, 6.07) is 6.44. The number of aliphatic hydroxyl groups excluding tert-OH is 1. The fraction of sp³-hybridized carbons (Fsp3) is 0.267. The quantitative estimate of drug-likeness (QED) is 0.916. The molecule has 0 saturated heterocycles. The van der Waals surface area contributed by atoms with Gasteiger partial charge in [0.25, 0.3) is 0 Å². The molecule has 100 valence electrons. The fourth-order valence-electron chi connectivity index (χ4n) is 1.78. The largest absolute Gasteiger partial charge is 0.455 e. The summed E-state index contributed by atoms with van der Waals surface area (Å²) in [5, 5.41) is 9.70. The summed E-state index contributed by atoms with van der Waals surface area (Å²) in [6.07, 6.45) is 0.871. The van der Waals surface area contributed by atoms with Gasteiger partial charge in [0.1, 0.15) is 17.3 Å². The van der Waals surface area contributed by atoms with Crippen LogP contribution in [0.4, 0.5) is 4.39 Å². The van der Waals surface area contributed by atoms with Crippen molar-refractivity contribution in [3.8, 4) is 11.5 Å². The summed E-state index contributed by atoms with van der Waals surface area (Å²) in [4.78, 5) is 4.13. The number of benzene rings is 1. The Morgan fingerprint density at radius 2 is 2.00 bits per heavy atom. The van der Waals surface area contributed by atoms with Crippen molar-refractivity contribution in [2.75, 3.05) is 0 Å². The predicted octanol–water partition coefficient (Wildman–Crippen LogP) is 3.68. The Labute approximate surface area is 111 Å². The molecule has 0 aliphatic heterocycles. The lowest BCUT2D eigenvalue weighted by Gasteiger charge is -2.15. The number of rotatable bonds is 3. The number of hydrogen-bond donors (Lipinski definition) is 1. The topological polar surface area (TPSA) is 42.4 Å². The van der Waals surface area contributed by atoms with Crippen LogP contribution >= 0.6 is 0 Å². The average Bonchev–Trinajstić information content (AvgIpc) is 2.36. The second-order valence-electron chi connectivity index (χ2n) is 4.50. The van der Waals surface area contributed by atoms with Gasteiger partial charge >= 0.3 is 0 Å². The Kier molecular flexibility index (Phi) is 3.81. The first-order chi connectivity index (χ1) is 8.99. The molecule has 0 aliphatic rings. The molecule has 2 rings (SSSR count). The van der Waals surface area contributed by atoms with Gasteiger partial charge in [-0.15, -0.1) is 0 Å². The van der Waals surface area contributed by atoms with Crippen LogP contribution in [0, 0.1) is 19.7 Å². The highest BCUT2D eigenvalue weighted by Crippen LogP contribution is 2.32. The van der Waals surface area contributed by atoms with E-state index in [0.717, 1.165) is 5.69 Å². The lowest BCUT2D eigenvalue weighted by atomic mass is 10.1. The summed E-state index contributed by atoms with van der Waals surface area (Å²) in [7, 11) is 0. The van der Waals surface area contributed by atoms with Gasteiger partial charge in [-0.1, -0.05) is 0 Å². The second kappa shape index (κ2) is 5.36. The molecule has 4 heteroatoms. The standard InChI is InChI=1S/C15H16FNO2/c1-9-7-15(12(11(3)18)8-13(9)16)19-14-5-4-6-17-10(14)2/h4-8,11,18H,1-3H3. The van der Waals surface area contributed by atoms with E-state index in [9.17, 15) is 9.50 Å². The third kappa shape index (κ3) is 2.90. The number of pyridine rings is 1. The third-order valence-corrected chi connectivity index (χ3v) is 2.92. The third-order valence-electron chi connectivity index (χ3n) is 2.92. The van der Waals surface area contributed by atoms with Crippen LogP contribution in [0.25, 0.3) is 0 Å². The van der Waals surface area contributed by atoms with Crippen molar-refractivity contribution in [1.29, 1.82) is 0 Å². The summed E-state index contributed by atoms with van der Waals surface area (Å²) in [6.45, 7) is 5.06. The molecule has 1 unspecified atom stereocenters. The van der Waals surface area contributed by atoms with Crippen molar-refractivity contribution in [2.24, 2.45) is 0 Å². The van der Waals surface area contributed by atoms with E-state index in [1.165, 1.54) is 6.07 Å². The summed E-state index contributed by atoms with van der Waals surface area (Å²) in [5.41, 5.74) is 1.63. The van der Waals surface area contributed by atoms with E-state index in [4.69, 9.17) is 4.74 Å². The van der Waals surface area contributed by atoms with Gasteiger partial charge in [0.2, 0.25) is 0 Å². The van der Waals surface area contributed by atoms with Crippen LogP contribution in [-0.4, -0.2) is 10.1 Å². The van der Waals surface area contributed by atoms with Crippen molar-refractivity contribution in [1.82, 2.24) is 4.98 Å². The lowest BCUT2D eigenvalue weighted by molar-refractivity contribution is 0.195. The second-order valence-corrected chi connectivity index (χ2v) is 4.50. The van der Waals surface area contributed by atoms with Gasteiger partial charge in [0, 0.05) is 11.8 Å². The molecular weight excluding hydrogens is 245 g/mol. The molecular formula is C15H16FNO2. The van der Waals surface area contributed by atoms with E-state index < -0.39 is 6.10 Å². The van der Waals surface area contributed by atoms with Crippen molar-refractivity contribution in [3.63, 3.8) is 0 Å². The number of aryl methyl sites for hydroxylation is 2. The molecule has 0 saturated carbocycles. The minimum atomic E-state index is -0.804. The van der Waals surface area contributed by atoms with E-state index in [-0.39, 0.29) is 5.82 Å². The zero-order valence-corrected chi connectivity index (χ0v) is 11.1. The SMILES string of the molecule is Cc1cc(Oc2cccnc2C)c(C(C)O)cc1F. The monoisotopic (exact) mass is 261 g/mol. The van der Waals surface area contributed by atoms with Crippen molar-refractivity contribution < 1.29 is 14.2 Å². The first-order valence-electron chi connectivity index (χ1n) is 6.06. The van der Waals surface area contributed by atoms with Gasteiger partial charge in [-0.05, 0) is 50.6 Å². The smallest absolute Gasteiger partial charge is 0.148 e. The summed E-state index contributed by atoms with van der Waals surface area (Å²) in [5.74, 6) is 0.687. The molecule has 3 nitrogen and oxygen atoms in total. The van der Waals surface area contributed by atoms with Crippen molar-refractivity contribution in [2.45, 2.75) is 26.9 Å². The molecule has 19 heavy (non-hydrogen) atoms. The Hall–Kier alpha value is -1.94. The number of halogens is 1. The number of aromatic nitrogens is 1. The van der Waals surface area contributed by atoms with Crippen LogP contribution in [-0.2, 0) is 0 Å². The van der Waals surface area contributed by atoms with Crippen molar-refractivity contribution >= 4 is 0 Å². The Balaban J connectivity index is 2.45. The minimum absolute atomic E-state index is 0.355. The van der Waals surface area contributed by atoms with Crippen LogP contribution < -0.4 is 4.74 Å². The Bertz CT molecular complexity index is 597. The molecule has 0 fully saturated rings. The summed E-state index contributed by atoms with van der Waals surface area (Å²) >= 11 is 0. The van der Waals surface area contributed by atoms with E-state index in [1.54, 1.807) is 38.2 Å². The van der Waals surface area contributed by atoms with Crippen LogP contribution in [0.1, 0.15) is 29.8 Å². The van der Waals surface area contributed by atoms with Crippen molar-refractivity contribution in [3.05, 3.63) is 53.1 Å². The minimum Gasteiger partial charge on any atom is -0.455 e. The molecule has 1 aromatic carbocycles. The highest BCUT2D eigenvalue weighted by atomic mass is 19.1. The van der Waals surface area contributed by atoms with Crippen LogP contribution in [0.2, 0.25) is 0 Å². The maximum Gasteiger partial charge on any atom is 0.148 e. The predicted molar refractivity (Wildman–Crippen MR) is 70.8 cm³/mol. The van der Waals surface area contributed by atoms with E-state index in [2.05, 4.69) is 4.98 Å². The van der Waals surface area contributed by atoms with Crippen LogP contribution in [0.3, 0.4) is 0 Å². The van der Waals surface area contributed by atoms with Gasteiger partial charge in [-0.3, -0.25) is 4.98 Å². The molecule has 0 amide bonds. The van der Waals surface area contributed by atoms with Gasteiger partial charge in [-0.25, -0.2) is 4.39 Å².